The molecule has 110 valence electrons. The third-order valence-corrected chi connectivity index (χ3v) is 4.54. The molecule has 2 rings (SSSR count). The van der Waals surface area contributed by atoms with Gasteiger partial charge in [0.15, 0.2) is 0 Å². The van der Waals surface area contributed by atoms with Crippen molar-refractivity contribution in [3.8, 4) is 0 Å². The van der Waals surface area contributed by atoms with Crippen molar-refractivity contribution in [1.29, 1.82) is 0 Å². The summed E-state index contributed by atoms with van der Waals surface area (Å²) in [5.74, 6) is -0.416. The highest BCUT2D eigenvalue weighted by molar-refractivity contribution is 6.42. The highest BCUT2D eigenvalue weighted by Crippen LogP contribution is 2.39. The molecule has 5 heteroatoms. The molecule has 0 spiro atoms. The van der Waals surface area contributed by atoms with Crippen molar-refractivity contribution in [3.05, 3.63) is 33.3 Å². The van der Waals surface area contributed by atoms with Crippen LogP contribution >= 0.6 is 23.2 Å². The fraction of sp³-hybridized carbons (Fsp3) is 0.533. The van der Waals surface area contributed by atoms with Crippen LogP contribution in [-0.2, 0) is 16.0 Å². The van der Waals surface area contributed by atoms with Crippen LogP contribution in [0.1, 0.15) is 43.4 Å². The summed E-state index contributed by atoms with van der Waals surface area (Å²) < 4.78 is 5.28. The standard InChI is InChI=1S/C15H19Cl2NO2/c1-2-3-6-20-15(19)9-7-11-10(13(18)8-9)4-5-12(16)14(11)17/h4-5,9,13H,2-3,6-8,18H2,1H3. The van der Waals surface area contributed by atoms with Crippen molar-refractivity contribution < 1.29 is 9.53 Å². The van der Waals surface area contributed by atoms with Gasteiger partial charge in [-0.3, -0.25) is 4.79 Å². The minimum absolute atomic E-state index is 0.185. The van der Waals surface area contributed by atoms with Crippen LogP contribution in [0, 0.1) is 5.92 Å². The summed E-state index contributed by atoms with van der Waals surface area (Å²) in [6, 6.07) is 3.45. The maximum absolute atomic E-state index is 12.1. The van der Waals surface area contributed by atoms with E-state index in [1.807, 2.05) is 6.07 Å². The largest absolute Gasteiger partial charge is 0.465 e. The fourth-order valence-electron chi connectivity index (χ4n) is 2.54. The molecule has 0 aromatic heterocycles. The van der Waals surface area contributed by atoms with E-state index in [1.54, 1.807) is 6.07 Å². The molecular weight excluding hydrogens is 297 g/mol. The molecule has 2 atom stereocenters. The number of nitrogens with two attached hydrogens (primary N) is 1. The van der Waals surface area contributed by atoms with E-state index in [1.165, 1.54) is 0 Å². The quantitative estimate of drug-likeness (QED) is 0.677. The first kappa shape index (κ1) is 15.6. The average Bonchev–Trinajstić information content (AvgIpc) is 2.43. The zero-order valence-corrected chi connectivity index (χ0v) is 13.0. The molecule has 20 heavy (non-hydrogen) atoms. The molecule has 0 bridgehead atoms. The number of benzene rings is 1. The Balaban J connectivity index is 2.14. The maximum Gasteiger partial charge on any atom is 0.309 e. The molecule has 0 saturated heterocycles. The molecule has 1 aromatic carbocycles. The Labute approximate surface area is 129 Å². The topological polar surface area (TPSA) is 52.3 Å². The van der Waals surface area contributed by atoms with E-state index in [4.69, 9.17) is 33.7 Å². The van der Waals surface area contributed by atoms with Gasteiger partial charge in [0.2, 0.25) is 0 Å². The van der Waals surface area contributed by atoms with E-state index in [2.05, 4.69) is 6.92 Å². The normalized spacial score (nSPS) is 21.4. The molecule has 1 aliphatic rings. The van der Waals surface area contributed by atoms with E-state index in [0.29, 0.717) is 29.5 Å². The molecule has 3 nitrogen and oxygen atoms in total. The summed E-state index contributed by atoms with van der Waals surface area (Å²) in [6.45, 7) is 2.53. The minimum Gasteiger partial charge on any atom is -0.465 e. The second-order valence-electron chi connectivity index (χ2n) is 5.19. The van der Waals surface area contributed by atoms with Gasteiger partial charge >= 0.3 is 5.97 Å². The Bertz CT molecular complexity index is 505. The van der Waals surface area contributed by atoms with Gasteiger partial charge in [0.25, 0.3) is 0 Å². The lowest BCUT2D eigenvalue weighted by Crippen LogP contribution is -2.30. The van der Waals surface area contributed by atoms with Gasteiger partial charge in [0, 0.05) is 6.04 Å². The van der Waals surface area contributed by atoms with E-state index in [0.717, 1.165) is 24.0 Å². The molecule has 0 amide bonds. The number of hydrogen-bond acceptors (Lipinski definition) is 3. The summed E-state index contributed by atoms with van der Waals surface area (Å²) in [4.78, 5) is 12.1. The van der Waals surface area contributed by atoms with Crippen LogP contribution in [0.4, 0.5) is 0 Å². The second-order valence-corrected chi connectivity index (χ2v) is 5.98. The smallest absolute Gasteiger partial charge is 0.309 e. The Morgan fingerprint density at radius 2 is 2.20 bits per heavy atom. The van der Waals surface area contributed by atoms with Crippen molar-refractivity contribution in [1.82, 2.24) is 0 Å². The Morgan fingerprint density at radius 3 is 2.90 bits per heavy atom. The van der Waals surface area contributed by atoms with E-state index < -0.39 is 0 Å². The van der Waals surface area contributed by atoms with Gasteiger partial charge in [-0.05, 0) is 36.5 Å². The number of carbonyl (C=O) groups is 1. The summed E-state index contributed by atoms with van der Waals surface area (Å²) in [7, 11) is 0. The first-order valence-corrected chi connectivity index (χ1v) is 7.69. The Morgan fingerprint density at radius 1 is 1.45 bits per heavy atom. The van der Waals surface area contributed by atoms with E-state index in [9.17, 15) is 4.79 Å². The molecule has 2 N–H and O–H groups in total. The number of rotatable bonds is 4. The third-order valence-electron chi connectivity index (χ3n) is 3.70. The molecule has 1 aliphatic carbocycles. The van der Waals surface area contributed by atoms with Gasteiger partial charge in [-0.15, -0.1) is 0 Å². The predicted molar refractivity (Wildman–Crippen MR) is 81.1 cm³/mol. The number of unbranched alkanes of at least 4 members (excludes halogenated alkanes) is 1. The van der Waals surface area contributed by atoms with Crippen LogP contribution in [0.25, 0.3) is 0 Å². The van der Waals surface area contributed by atoms with E-state index >= 15 is 0 Å². The number of carbonyl (C=O) groups excluding carboxylic acids is 1. The maximum atomic E-state index is 12.1. The molecule has 0 radical (unpaired) electrons. The lowest BCUT2D eigenvalue weighted by molar-refractivity contribution is -0.149. The zero-order valence-electron chi connectivity index (χ0n) is 11.5. The van der Waals surface area contributed by atoms with Crippen molar-refractivity contribution >= 4 is 29.2 Å². The van der Waals surface area contributed by atoms with Crippen molar-refractivity contribution in [3.63, 3.8) is 0 Å². The highest BCUT2D eigenvalue weighted by Gasteiger charge is 2.32. The fourth-order valence-corrected chi connectivity index (χ4v) is 2.97. The number of ether oxygens (including phenoxy) is 1. The first-order chi connectivity index (χ1) is 9.54. The number of hydrogen-bond donors (Lipinski definition) is 1. The Hall–Kier alpha value is -0.770. The lowest BCUT2D eigenvalue weighted by Gasteiger charge is -2.29. The van der Waals surface area contributed by atoms with Crippen LogP contribution in [0.15, 0.2) is 12.1 Å². The van der Waals surface area contributed by atoms with Gasteiger partial charge < -0.3 is 10.5 Å². The number of esters is 1. The zero-order chi connectivity index (χ0) is 14.7. The predicted octanol–water partition coefficient (Wildman–Crippen LogP) is 3.90. The van der Waals surface area contributed by atoms with Gasteiger partial charge in [-0.1, -0.05) is 42.6 Å². The van der Waals surface area contributed by atoms with Gasteiger partial charge in [-0.2, -0.15) is 0 Å². The monoisotopic (exact) mass is 315 g/mol. The summed E-state index contributed by atoms with van der Waals surface area (Å²) in [6.07, 6.45) is 3.03. The molecule has 0 fully saturated rings. The Kier molecular flexibility index (Phi) is 5.30. The molecule has 0 saturated carbocycles. The highest BCUT2D eigenvalue weighted by atomic mass is 35.5. The molecule has 0 aliphatic heterocycles. The van der Waals surface area contributed by atoms with Crippen LogP contribution in [0.3, 0.4) is 0 Å². The minimum atomic E-state index is -0.231. The average molecular weight is 316 g/mol. The third kappa shape index (κ3) is 3.27. The van der Waals surface area contributed by atoms with Gasteiger partial charge in [0.1, 0.15) is 0 Å². The van der Waals surface area contributed by atoms with Crippen LogP contribution in [0.5, 0.6) is 0 Å². The summed E-state index contributed by atoms with van der Waals surface area (Å²) >= 11 is 12.3. The van der Waals surface area contributed by atoms with E-state index in [-0.39, 0.29) is 17.9 Å². The van der Waals surface area contributed by atoms with Crippen LogP contribution in [0.2, 0.25) is 10.0 Å². The first-order valence-electron chi connectivity index (χ1n) is 6.93. The second kappa shape index (κ2) is 6.79. The molecule has 2 unspecified atom stereocenters. The van der Waals surface area contributed by atoms with Crippen LogP contribution < -0.4 is 5.73 Å². The molecule has 1 aromatic rings. The molecule has 0 heterocycles. The molecular formula is C15H19Cl2NO2. The lowest BCUT2D eigenvalue weighted by atomic mass is 9.81. The summed E-state index contributed by atoms with van der Waals surface area (Å²) in [5, 5.41) is 1.00. The van der Waals surface area contributed by atoms with Gasteiger partial charge in [0.05, 0.1) is 22.6 Å². The SMILES string of the molecule is CCCCOC(=O)C1Cc2c(ccc(Cl)c2Cl)C(N)C1. The van der Waals surface area contributed by atoms with Crippen molar-refractivity contribution in [2.24, 2.45) is 11.7 Å². The van der Waals surface area contributed by atoms with Gasteiger partial charge in [-0.25, -0.2) is 0 Å². The number of halogens is 2. The van der Waals surface area contributed by atoms with Crippen molar-refractivity contribution in [2.75, 3.05) is 6.61 Å². The number of fused-ring (bicyclic) bond motifs is 1. The van der Waals surface area contributed by atoms with Crippen LogP contribution in [-0.4, -0.2) is 12.6 Å². The van der Waals surface area contributed by atoms with Crippen molar-refractivity contribution in [2.45, 2.75) is 38.6 Å². The summed E-state index contributed by atoms with van der Waals surface area (Å²) in [5.41, 5.74) is 8.01.